The molecular formula is C30H23FN2O3S. The first-order chi connectivity index (χ1) is 18.1. The first-order valence-electron chi connectivity index (χ1n) is 11.8. The van der Waals surface area contributed by atoms with Crippen LogP contribution in [0.25, 0.3) is 17.8 Å². The SMILES string of the molecule is CCOC(=O)C1=C(c2ccccc2)N=c2s/c(=C/C=C/c3ccccc3)c(=O)n2[C@@H]1c1ccc(F)cc1. The van der Waals surface area contributed by atoms with Crippen molar-refractivity contribution in [2.45, 2.75) is 13.0 Å². The molecule has 0 spiro atoms. The molecule has 0 amide bonds. The summed E-state index contributed by atoms with van der Waals surface area (Å²) in [6.45, 7) is 1.89. The number of allylic oxidation sites excluding steroid dienone is 1. The van der Waals surface area contributed by atoms with E-state index in [1.165, 1.54) is 28.0 Å². The summed E-state index contributed by atoms with van der Waals surface area (Å²) >= 11 is 1.24. The molecule has 5 rings (SSSR count). The van der Waals surface area contributed by atoms with E-state index in [0.717, 1.165) is 11.1 Å². The number of rotatable bonds is 6. The number of thiazole rings is 1. The van der Waals surface area contributed by atoms with Crippen molar-refractivity contribution < 1.29 is 13.9 Å². The fourth-order valence-electron chi connectivity index (χ4n) is 4.23. The molecule has 1 aliphatic heterocycles. The minimum absolute atomic E-state index is 0.162. The van der Waals surface area contributed by atoms with Gasteiger partial charge in [0.05, 0.1) is 28.5 Å². The number of hydrogen-bond acceptors (Lipinski definition) is 5. The number of ether oxygens (including phenoxy) is 1. The molecule has 37 heavy (non-hydrogen) atoms. The zero-order chi connectivity index (χ0) is 25.8. The summed E-state index contributed by atoms with van der Waals surface area (Å²) in [7, 11) is 0. The quantitative estimate of drug-likeness (QED) is 0.352. The molecule has 2 heterocycles. The lowest BCUT2D eigenvalue weighted by Crippen LogP contribution is -2.39. The summed E-state index contributed by atoms with van der Waals surface area (Å²) in [4.78, 5) is 32.3. The zero-order valence-electron chi connectivity index (χ0n) is 20.0. The van der Waals surface area contributed by atoms with Gasteiger partial charge in [0, 0.05) is 5.56 Å². The lowest BCUT2D eigenvalue weighted by Gasteiger charge is -2.25. The van der Waals surface area contributed by atoms with Gasteiger partial charge in [0.15, 0.2) is 4.80 Å². The lowest BCUT2D eigenvalue weighted by molar-refractivity contribution is -0.138. The second kappa shape index (κ2) is 10.7. The highest BCUT2D eigenvalue weighted by molar-refractivity contribution is 7.07. The zero-order valence-corrected chi connectivity index (χ0v) is 20.8. The third kappa shape index (κ3) is 4.99. The third-order valence-corrected chi connectivity index (χ3v) is 6.90. The fraction of sp³-hybridized carbons (Fsp3) is 0.100. The average Bonchev–Trinajstić information content (AvgIpc) is 3.24. The third-order valence-electron chi connectivity index (χ3n) is 5.90. The molecule has 0 saturated carbocycles. The smallest absolute Gasteiger partial charge is 0.338 e. The van der Waals surface area contributed by atoms with E-state index in [-0.39, 0.29) is 17.7 Å². The number of carbonyl (C=O) groups is 1. The topological polar surface area (TPSA) is 60.7 Å². The molecule has 0 unspecified atom stereocenters. The Hall–Kier alpha value is -4.36. The van der Waals surface area contributed by atoms with Gasteiger partial charge in [0.1, 0.15) is 5.82 Å². The van der Waals surface area contributed by atoms with Gasteiger partial charge >= 0.3 is 5.97 Å². The average molecular weight is 511 g/mol. The number of aromatic nitrogens is 1. The van der Waals surface area contributed by atoms with Gasteiger partial charge < -0.3 is 4.74 Å². The van der Waals surface area contributed by atoms with Crippen molar-refractivity contribution in [1.29, 1.82) is 0 Å². The Morgan fingerprint density at radius 1 is 1.03 bits per heavy atom. The summed E-state index contributed by atoms with van der Waals surface area (Å²) in [6, 6.07) is 24.1. The van der Waals surface area contributed by atoms with E-state index in [1.54, 1.807) is 25.1 Å². The van der Waals surface area contributed by atoms with Gasteiger partial charge in [-0.05, 0) is 36.3 Å². The molecular weight excluding hydrogens is 487 g/mol. The first-order valence-corrected chi connectivity index (χ1v) is 12.6. The molecule has 0 fully saturated rings. The highest BCUT2D eigenvalue weighted by Gasteiger charge is 2.35. The number of halogens is 1. The number of carbonyl (C=O) groups excluding carboxylic acids is 1. The van der Waals surface area contributed by atoms with Crippen LogP contribution in [0.1, 0.15) is 29.7 Å². The van der Waals surface area contributed by atoms with Crippen LogP contribution < -0.4 is 14.9 Å². The van der Waals surface area contributed by atoms with Crippen molar-refractivity contribution >= 4 is 35.2 Å². The molecule has 184 valence electrons. The standard InChI is InChI=1S/C30H23FN2O3S/c1-2-36-29(35)25-26(21-13-7-4-8-14-21)32-30-33(27(25)22-16-18-23(31)19-17-22)28(34)24(37-30)15-9-12-20-10-5-3-6-11-20/h3-19,27H,2H2,1H3/b12-9+,24-15+/t27-/m1/s1. The number of fused-ring (bicyclic) bond motifs is 1. The molecule has 3 aromatic carbocycles. The van der Waals surface area contributed by atoms with Gasteiger partial charge in [-0.15, -0.1) is 0 Å². The molecule has 1 aromatic heterocycles. The summed E-state index contributed by atoms with van der Waals surface area (Å²) in [5.41, 5.74) is 2.69. The Morgan fingerprint density at radius 2 is 1.70 bits per heavy atom. The van der Waals surface area contributed by atoms with Crippen LogP contribution in [0.5, 0.6) is 0 Å². The number of benzene rings is 3. The minimum atomic E-state index is -0.827. The molecule has 7 heteroatoms. The van der Waals surface area contributed by atoms with E-state index in [0.29, 0.717) is 20.6 Å². The van der Waals surface area contributed by atoms with E-state index in [2.05, 4.69) is 0 Å². The van der Waals surface area contributed by atoms with Crippen molar-refractivity contribution in [3.8, 4) is 0 Å². The van der Waals surface area contributed by atoms with Crippen LogP contribution in [-0.2, 0) is 9.53 Å². The first kappa shape index (κ1) is 24.3. The summed E-state index contributed by atoms with van der Waals surface area (Å²) in [5.74, 6) is -0.982. The molecule has 1 atom stereocenters. The van der Waals surface area contributed by atoms with Gasteiger partial charge in [-0.1, -0.05) is 96.3 Å². The van der Waals surface area contributed by atoms with Crippen molar-refractivity contribution in [2.24, 2.45) is 4.99 Å². The predicted molar refractivity (Wildman–Crippen MR) is 144 cm³/mol. The van der Waals surface area contributed by atoms with Crippen LogP contribution in [0.4, 0.5) is 4.39 Å². The maximum atomic E-state index is 13.8. The van der Waals surface area contributed by atoms with E-state index in [4.69, 9.17) is 9.73 Å². The van der Waals surface area contributed by atoms with Crippen molar-refractivity contribution in [3.63, 3.8) is 0 Å². The highest BCUT2D eigenvalue weighted by Crippen LogP contribution is 2.35. The Kier molecular flexibility index (Phi) is 7.05. The Balaban J connectivity index is 1.75. The van der Waals surface area contributed by atoms with Crippen LogP contribution in [0.2, 0.25) is 0 Å². The maximum absolute atomic E-state index is 13.8. The van der Waals surface area contributed by atoms with Crippen LogP contribution >= 0.6 is 11.3 Å². The number of esters is 1. The molecule has 0 N–H and O–H groups in total. The number of nitrogens with zero attached hydrogens (tertiary/aromatic N) is 2. The van der Waals surface area contributed by atoms with Crippen molar-refractivity contribution in [1.82, 2.24) is 4.57 Å². The predicted octanol–water partition coefficient (Wildman–Crippen LogP) is 4.74. The molecule has 5 nitrogen and oxygen atoms in total. The molecule has 0 bridgehead atoms. The van der Waals surface area contributed by atoms with Crippen LogP contribution in [0.15, 0.2) is 106 Å². The van der Waals surface area contributed by atoms with Crippen LogP contribution in [-0.4, -0.2) is 17.1 Å². The Labute approximate surface area is 216 Å². The number of hydrogen-bond donors (Lipinski definition) is 0. The summed E-state index contributed by atoms with van der Waals surface area (Å²) in [5, 5.41) is 0. The summed E-state index contributed by atoms with van der Waals surface area (Å²) in [6.07, 6.45) is 5.48. The van der Waals surface area contributed by atoms with E-state index in [9.17, 15) is 14.0 Å². The van der Waals surface area contributed by atoms with Gasteiger partial charge in [0.25, 0.3) is 5.56 Å². The monoisotopic (exact) mass is 510 g/mol. The van der Waals surface area contributed by atoms with Crippen molar-refractivity contribution in [2.75, 3.05) is 6.61 Å². The molecule has 0 radical (unpaired) electrons. The van der Waals surface area contributed by atoms with E-state index >= 15 is 0 Å². The highest BCUT2D eigenvalue weighted by atomic mass is 32.1. The molecule has 0 saturated heterocycles. The van der Waals surface area contributed by atoms with Gasteiger partial charge in [-0.2, -0.15) is 0 Å². The molecule has 4 aromatic rings. The molecule has 0 aliphatic carbocycles. The van der Waals surface area contributed by atoms with Gasteiger partial charge in [0.2, 0.25) is 0 Å². The van der Waals surface area contributed by atoms with Gasteiger partial charge in [-0.3, -0.25) is 9.36 Å². The summed E-state index contributed by atoms with van der Waals surface area (Å²) < 4.78 is 21.2. The Morgan fingerprint density at radius 3 is 2.38 bits per heavy atom. The Bertz CT molecular complexity index is 1670. The van der Waals surface area contributed by atoms with Crippen molar-refractivity contribution in [3.05, 3.63) is 139 Å². The normalized spacial score (nSPS) is 15.5. The largest absolute Gasteiger partial charge is 0.463 e. The van der Waals surface area contributed by atoms with Crippen LogP contribution in [0.3, 0.4) is 0 Å². The van der Waals surface area contributed by atoms with E-state index in [1.807, 2.05) is 72.8 Å². The second-order valence-electron chi connectivity index (χ2n) is 8.28. The maximum Gasteiger partial charge on any atom is 0.338 e. The van der Waals surface area contributed by atoms with Crippen LogP contribution in [0, 0.1) is 5.82 Å². The minimum Gasteiger partial charge on any atom is -0.463 e. The van der Waals surface area contributed by atoms with E-state index < -0.39 is 17.8 Å². The second-order valence-corrected chi connectivity index (χ2v) is 9.28. The van der Waals surface area contributed by atoms with Gasteiger partial charge in [-0.25, -0.2) is 14.2 Å². The fourth-order valence-corrected chi connectivity index (χ4v) is 5.18. The lowest BCUT2D eigenvalue weighted by atomic mass is 9.93. The molecule has 1 aliphatic rings.